The molecular formula is C10H18N2OS. The van der Waals surface area contributed by atoms with Crippen LogP contribution in [-0.4, -0.2) is 26.7 Å². The van der Waals surface area contributed by atoms with E-state index >= 15 is 0 Å². The number of rotatable bonds is 5. The molecule has 80 valence electrons. The Morgan fingerprint density at radius 3 is 2.86 bits per heavy atom. The average molecular weight is 214 g/mol. The molecule has 3 nitrogen and oxygen atoms in total. The number of aromatic nitrogens is 2. The summed E-state index contributed by atoms with van der Waals surface area (Å²) in [4.78, 5) is 0. The van der Waals surface area contributed by atoms with Crippen molar-refractivity contribution in [3.63, 3.8) is 0 Å². The zero-order valence-electron chi connectivity index (χ0n) is 9.03. The lowest BCUT2D eigenvalue weighted by molar-refractivity contribution is 0.289. The molecule has 0 amide bonds. The Morgan fingerprint density at radius 2 is 2.36 bits per heavy atom. The van der Waals surface area contributed by atoms with Crippen LogP contribution in [-0.2, 0) is 12.8 Å². The van der Waals surface area contributed by atoms with E-state index in [1.165, 1.54) is 5.69 Å². The topological polar surface area (TPSA) is 38.0 Å². The molecule has 0 aromatic carbocycles. The molecule has 0 aliphatic rings. The van der Waals surface area contributed by atoms with E-state index in [-0.39, 0.29) is 6.61 Å². The lowest BCUT2D eigenvalue weighted by Gasteiger charge is -2.08. The summed E-state index contributed by atoms with van der Waals surface area (Å²) in [6, 6.07) is 2.11. The van der Waals surface area contributed by atoms with Crippen LogP contribution in [0.1, 0.15) is 24.7 Å². The minimum Gasteiger partial charge on any atom is -0.396 e. The lowest BCUT2D eigenvalue weighted by Crippen LogP contribution is -2.02. The van der Waals surface area contributed by atoms with Crippen molar-refractivity contribution in [3.05, 3.63) is 17.5 Å². The highest BCUT2D eigenvalue weighted by atomic mass is 32.2. The number of nitrogens with zero attached hydrogens (tertiary/aromatic N) is 2. The van der Waals surface area contributed by atoms with E-state index in [4.69, 9.17) is 5.11 Å². The summed E-state index contributed by atoms with van der Waals surface area (Å²) in [5.41, 5.74) is 2.32. The molecule has 0 bridgehead atoms. The Kier molecular flexibility index (Phi) is 4.48. The van der Waals surface area contributed by atoms with E-state index in [1.54, 1.807) is 0 Å². The second-order valence-corrected chi connectivity index (χ2v) is 4.96. The number of hydrogen-bond acceptors (Lipinski definition) is 3. The van der Waals surface area contributed by atoms with Crippen LogP contribution in [0.25, 0.3) is 0 Å². The van der Waals surface area contributed by atoms with Gasteiger partial charge in [0.15, 0.2) is 0 Å². The van der Waals surface area contributed by atoms with Gasteiger partial charge in [0.1, 0.15) is 0 Å². The average Bonchev–Trinajstić information content (AvgIpc) is 2.42. The third-order valence-electron chi connectivity index (χ3n) is 2.15. The second-order valence-electron chi connectivity index (χ2n) is 3.53. The molecule has 0 aliphatic carbocycles. The maximum absolute atomic E-state index is 8.76. The van der Waals surface area contributed by atoms with Gasteiger partial charge < -0.3 is 5.11 Å². The first kappa shape index (κ1) is 11.6. The summed E-state index contributed by atoms with van der Waals surface area (Å²) in [6.45, 7) is 4.42. The molecule has 1 aromatic heterocycles. The molecule has 1 unspecified atom stereocenters. The van der Waals surface area contributed by atoms with Crippen molar-refractivity contribution in [1.82, 2.24) is 9.78 Å². The molecule has 14 heavy (non-hydrogen) atoms. The Labute approximate surface area is 89.5 Å². The number of aliphatic hydroxyl groups excluding tert-OH is 1. The standard InChI is InChI=1S/C10H18N2OS/c1-8-6-10(12(3)11-8)7-14-9(2)4-5-13/h6,9,13H,4-5,7H2,1-3H3. The fourth-order valence-corrected chi connectivity index (χ4v) is 2.29. The Bertz CT molecular complexity index is 286. The van der Waals surface area contributed by atoms with Gasteiger partial charge in [0.2, 0.25) is 0 Å². The van der Waals surface area contributed by atoms with E-state index in [0.717, 1.165) is 17.9 Å². The van der Waals surface area contributed by atoms with E-state index in [0.29, 0.717) is 5.25 Å². The van der Waals surface area contributed by atoms with Crippen LogP contribution in [0.4, 0.5) is 0 Å². The van der Waals surface area contributed by atoms with E-state index < -0.39 is 0 Å². The first-order chi connectivity index (χ1) is 6.63. The van der Waals surface area contributed by atoms with Crippen LogP contribution in [0.3, 0.4) is 0 Å². The van der Waals surface area contributed by atoms with Crippen molar-refractivity contribution >= 4 is 11.8 Å². The summed E-state index contributed by atoms with van der Waals surface area (Å²) >= 11 is 1.86. The molecule has 1 heterocycles. The van der Waals surface area contributed by atoms with Crippen molar-refractivity contribution < 1.29 is 5.11 Å². The number of aryl methyl sites for hydroxylation is 2. The van der Waals surface area contributed by atoms with Gasteiger partial charge in [0.25, 0.3) is 0 Å². The molecule has 0 spiro atoms. The Hall–Kier alpha value is -0.480. The predicted octanol–water partition coefficient (Wildman–Crippen LogP) is 1.73. The fourth-order valence-electron chi connectivity index (χ4n) is 1.29. The van der Waals surface area contributed by atoms with Gasteiger partial charge in [-0.15, -0.1) is 0 Å². The van der Waals surface area contributed by atoms with Gasteiger partial charge in [-0.1, -0.05) is 6.92 Å². The monoisotopic (exact) mass is 214 g/mol. The molecule has 1 N–H and O–H groups in total. The fraction of sp³-hybridized carbons (Fsp3) is 0.700. The minimum absolute atomic E-state index is 0.276. The van der Waals surface area contributed by atoms with Crippen LogP contribution in [0.15, 0.2) is 6.07 Å². The summed E-state index contributed by atoms with van der Waals surface area (Å²) in [6.07, 6.45) is 0.863. The first-order valence-electron chi connectivity index (χ1n) is 4.85. The highest BCUT2D eigenvalue weighted by Crippen LogP contribution is 2.19. The van der Waals surface area contributed by atoms with Crippen LogP contribution in [0.5, 0.6) is 0 Å². The third kappa shape index (κ3) is 3.35. The van der Waals surface area contributed by atoms with Gasteiger partial charge in [0, 0.05) is 30.4 Å². The second kappa shape index (κ2) is 5.41. The van der Waals surface area contributed by atoms with Gasteiger partial charge in [-0.05, 0) is 19.4 Å². The van der Waals surface area contributed by atoms with Gasteiger partial charge in [-0.2, -0.15) is 16.9 Å². The van der Waals surface area contributed by atoms with Crippen molar-refractivity contribution in [1.29, 1.82) is 0 Å². The zero-order chi connectivity index (χ0) is 10.6. The summed E-state index contributed by atoms with van der Waals surface area (Å²) in [7, 11) is 1.97. The quantitative estimate of drug-likeness (QED) is 0.811. The normalized spacial score (nSPS) is 13.1. The molecule has 4 heteroatoms. The largest absolute Gasteiger partial charge is 0.396 e. The van der Waals surface area contributed by atoms with Crippen LogP contribution >= 0.6 is 11.8 Å². The zero-order valence-corrected chi connectivity index (χ0v) is 9.84. The molecule has 0 saturated heterocycles. The number of hydrogen-bond donors (Lipinski definition) is 1. The SMILES string of the molecule is Cc1cc(CSC(C)CCO)n(C)n1. The van der Waals surface area contributed by atoms with Crippen molar-refractivity contribution in [2.45, 2.75) is 31.3 Å². The lowest BCUT2D eigenvalue weighted by atomic mass is 10.3. The van der Waals surface area contributed by atoms with Gasteiger partial charge >= 0.3 is 0 Å². The van der Waals surface area contributed by atoms with Crippen molar-refractivity contribution in [2.75, 3.05) is 6.61 Å². The molecule has 0 radical (unpaired) electrons. The molecule has 0 saturated carbocycles. The molecule has 0 fully saturated rings. The summed E-state index contributed by atoms with van der Waals surface area (Å²) in [5.74, 6) is 0.971. The first-order valence-corrected chi connectivity index (χ1v) is 5.90. The van der Waals surface area contributed by atoms with Gasteiger partial charge in [0.05, 0.1) is 5.69 Å². The molecule has 1 aromatic rings. The van der Waals surface area contributed by atoms with Gasteiger partial charge in [-0.25, -0.2) is 0 Å². The van der Waals surface area contributed by atoms with E-state index in [2.05, 4.69) is 18.1 Å². The van der Waals surface area contributed by atoms with Crippen molar-refractivity contribution in [3.8, 4) is 0 Å². The maximum atomic E-state index is 8.76. The van der Waals surface area contributed by atoms with Crippen LogP contribution in [0.2, 0.25) is 0 Å². The third-order valence-corrected chi connectivity index (χ3v) is 3.42. The molecule has 1 rings (SSSR count). The van der Waals surface area contributed by atoms with Crippen LogP contribution < -0.4 is 0 Å². The molecule has 0 aliphatic heterocycles. The van der Waals surface area contributed by atoms with Crippen LogP contribution in [0, 0.1) is 6.92 Å². The Morgan fingerprint density at radius 1 is 1.64 bits per heavy atom. The molecular weight excluding hydrogens is 196 g/mol. The Balaban J connectivity index is 2.41. The number of thioether (sulfide) groups is 1. The summed E-state index contributed by atoms with van der Waals surface area (Å²) < 4.78 is 1.92. The highest BCUT2D eigenvalue weighted by Gasteiger charge is 2.05. The minimum atomic E-state index is 0.276. The maximum Gasteiger partial charge on any atom is 0.0596 e. The van der Waals surface area contributed by atoms with Crippen molar-refractivity contribution in [2.24, 2.45) is 7.05 Å². The number of aliphatic hydroxyl groups is 1. The van der Waals surface area contributed by atoms with E-state index in [9.17, 15) is 0 Å². The smallest absolute Gasteiger partial charge is 0.0596 e. The van der Waals surface area contributed by atoms with Gasteiger partial charge in [-0.3, -0.25) is 4.68 Å². The molecule has 1 atom stereocenters. The highest BCUT2D eigenvalue weighted by molar-refractivity contribution is 7.99. The van der Waals surface area contributed by atoms with E-state index in [1.807, 2.05) is 30.4 Å². The summed E-state index contributed by atoms with van der Waals surface area (Å²) in [5, 5.41) is 13.6. The predicted molar refractivity (Wildman–Crippen MR) is 60.4 cm³/mol.